The molecule has 0 bridgehead atoms. The first-order chi connectivity index (χ1) is 15.1. The number of piperidine rings is 2. The minimum atomic E-state index is -0.438. The Labute approximate surface area is 192 Å². The molecular weight excluding hydrogens is 433 g/mol. The normalized spacial score (nSPS) is 17.5. The van der Waals surface area contributed by atoms with Crippen molar-refractivity contribution in [2.24, 2.45) is 4.99 Å². The van der Waals surface area contributed by atoms with Crippen molar-refractivity contribution in [1.29, 1.82) is 0 Å². The van der Waals surface area contributed by atoms with Crippen molar-refractivity contribution in [2.45, 2.75) is 38.5 Å². The Kier molecular flexibility index (Phi) is 7.30. The fraction of sp³-hybridized carbons (Fsp3) is 0.435. The lowest BCUT2D eigenvalue weighted by Crippen LogP contribution is -2.37. The van der Waals surface area contributed by atoms with Gasteiger partial charge in [0.25, 0.3) is 0 Å². The van der Waals surface area contributed by atoms with Gasteiger partial charge in [-0.1, -0.05) is 53.5 Å². The fourth-order valence-corrected chi connectivity index (χ4v) is 4.42. The Morgan fingerprint density at radius 1 is 0.871 bits per heavy atom. The number of nitrogens with zero attached hydrogens (tertiary/aromatic N) is 5. The molecule has 4 rings (SSSR count). The molecule has 1 aromatic carbocycles. The lowest BCUT2D eigenvalue weighted by atomic mass is 10.1. The van der Waals surface area contributed by atoms with E-state index in [4.69, 9.17) is 28.2 Å². The van der Waals surface area contributed by atoms with Crippen LogP contribution in [0.2, 0.25) is 0 Å². The Balaban J connectivity index is 1.72. The number of rotatable bonds is 4. The summed E-state index contributed by atoms with van der Waals surface area (Å²) in [5.41, 5.74) is 0.522. The molecule has 0 atom stereocenters. The van der Waals surface area contributed by atoms with Gasteiger partial charge in [-0.2, -0.15) is 4.98 Å². The Morgan fingerprint density at radius 2 is 1.52 bits per heavy atom. The predicted octanol–water partition coefficient (Wildman–Crippen LogP) is 4.73. The number of aromatic nitrogens is 2. The van der Waals surface area contributed by atoms with Crippen molar-refractivity contribution in [1.82, 2.24) is 14.5 Å². The molecule has 0 radical (unpaired) electrons. The second-order valence-electron chi connectivity index (χ2n) is 7.92. The van der Waals surface area contributed by atoms with Crippen molar-refractivity contribution in [3.8, 4) is 0 Å². The molecule has 6 nitrogen and oxygen atoms in total. The molecule has 0 saturated carbocycles. The van der Waals surface area contributed by atoms with Crippen molar-refractivity contribution in [3.63, 3.8) is 0 Å². The molecule has 0 N–H and O–H groups in total. The second kappa shape index (κ2) is 10.3. The van der Waals surface area contributed by atoms with Gasteiger partial charge < -0.3 is 9.80 Å². The number of aliphatic imine (C=N–C) groups is 1. The molecule has 0 aliphatic carbocycles. The van der Waals surface area contributed by atoms with Gasteiger partial charge in [-0.15, -0.1) is 0 Å². The number of hydrogen-bond donors (Lipinski definition) is 0. The van der Waals surface area contributed by atoms with Crippen LogP contribution in [0.4, 0.5) is 5.82 Å². The van der Waals surface area contributed by atoms with Gasteiger partial charge >= 0.3 is 5.69 Å². The van der Waals surface area contributed by atoms with Crippen LogP contribution in [0.15, 0.2) is 56.9 Å². The number of hydrogen-bond acceptors (Lipinski definition) is 4. The Hall–Kier alpha value is -2.31. The summed E-state index contributed by atoms with van der Waals surface area (Å²) < 4.78 is 1.26. The lowest BCUT2D eigenvalue weighted by molar-refractivity contribution is 0.343. The van der Waals surface area contributed by atoms with Crippen LogP contribution < -0.4 is 10.6 Å². The van der Waals surface area contributed by atoms with E-state index in [1.165, 1.54) is 17.4 Å². The van der Waals surface area contributed by atoms with Gasteiger partial charge in [0.15, 0.2) is 5.82 Å². The molecule has 2 fully saturated rings. The topological polar surface area (TPSA) is 53.7 Å². The maximum atomic E-state index is 12.9. The monoisotopic (exact) mass is 459 g/mol. The smallest absolute Gasteiger partial charge is 0.355 e. The average Bonchev–Trinajstić information content (AvgIpc) is 2.82. The van der Waals surface area contributed by atoms with Crippen LogP contribution in [-0.2, 0) is 0 Å². The molecule has 1 aromatic heterocycles. The first-order valence-corrected chi connectivity index (χ1v) is 11.7. The van der Waals surface area contributed by atoms with Crippen LogP contribution >= 0.6 is 23.2 Å². The fourth-order valence-electron chi connectivity index (χ4n) is 4.15. The molecule has 2 aliphatic heterocycles. The molecule has 164 valence electrons. The van der Waals surface area contributed by atoms with Crippen molar-refractivity contribution < 1.29 is 0 Å². The minimum absolute atomic E-state index is 0.0694. The second-order valence-corrected chi connectivity index (χ2v) is 8.87. The van der Waals surface area contributed by atoms with Crippen LogP contribution in [-0.4, -0.2) is 46.5 Å². The van der Waals surface area contributed by atoms with E-state index in [9.17, 15) is 4.79 Å². The van der Waals surface area contributed by atoms with E-state index in [0.717, 1.165) is 63.3 Å². The molecule has 8 heteroatoms. The molecule has 2 saturated heterocycles. The molecule has 0 spiro atoms. The van der Waals surface area contributed by atoms with Crippen molar-refractivity contribution >= 4 is 40.7 Å². The third-order valence-electron chi connectivity index (χ3n) is 5.77. The highest BCUT2D eigenvalue weighted by Gasteiger charge is 2.20. The predicted molar refractivity (Wildman–Crippen MR) is 128 cm³/mol. The van der Waals surface area contributed by atoms with E-state index >= 15 is 0 Å². The maximum absolute atomic E-state index is 12.9. The van der Waals surface area contributed by atoms with Crippen LogP contribution in [0.1, 0.15) is 44.1 Å². The summed E-state index contributed by atoms with van der Waals surface area (Å²) in [4.78, 5) is 26.4. The molecule has 0 unspecified atom stereocenters. The SMILES string of the molecule is O=c1nc(N2CCCCC2)ccn1C(N=C(c1ccccc1)N1CCCCC1)=C(Cl)Cl. The summed E-state index contributed by atoms with van der Waals surface area (Å²) in [6, 6.07) is 11.8. The lowest BCUT2D eigenvalue weighted by Gasteiger charge is -2.30. The van der Waals surface area contributed by atoms with E-state index in [1.807, 2.05) is 36.4 Å². The standard InChI is InChI=1S/C23H27Cl2N5O/c24-20(25)22(30-17-12-19(26-23(30)31)28-13-6-2-7-14-28)27-21(18-10-4-1-5-11-18)29-15-8-3-9-16-29/h1,4-5,10-12,17H,2-3,6-9,13-16H2. The van der Waals surface area contributed by atoms with E-state index in [-0.39, 0.29) is 10.3 Å². The molecule has 2 aliphatic rings. The van der Waals surface area contributed by atoms with E-state index < -0.39 is 5.69 Å². The Bertz CT molecular complexity index is 1000. The highest BCUT2D eigenvalue weighted by Crippen LogP contribution is 2.23. The molecule has 3 heterocycles. The van der Waals surface area contributed by atoms with Gasteiger partial charge in [0.2, 0.25) is 0 Å². The largest absolute Gasteiger partial charge is 0.356 e. The first kappa shape index (κ1) is 21.9. The number of benzene rings is 1. The van der Waals surface area contributed by atoms with E-state index in [2.05, 4.69) is 14.8 Å². The summed E-state index contributed by atoms with van der Waals surface area (Å²) in [6.45, 7) is 3.64. The number of anilines is 1. The number of likely N-dealkylation sites (tertiary alicyclic amines) is 1. The molecule has 2 aromatic rings. The van der Waals surface area contributed by atoms with Crippen molar-refractivity contribution in [2.75, 3.05) is 31.1 Å². The van der Waals surface area contributed by atoms with Crippen LogP contribution in [0, 0.1) is 0 Å². The zero-order valence-electron chi connectivity index (χ0n) is 17.5. The summed E-state index contributed by atoms with van der Waals surface area (Å²) in [6.07, 6.45) is 8.53. The molecule has 0 amide bonds. The highest BCUT2D eigenvalue weighted by atomic mass is 35.5. The summed E-state index contributed by atoms with van der Waals surface area (Å²) in [5, 5.41) is 0. The minimum Gasteiger partial charge on any atom is -0.356 e. The third-order valence-corrected chi connectivity index (χ3v) is 6.10. The average molecular weight is 460 g/mol. The van der Waals surface area contributed by atoms with Crippen LogP contribution in [0.25, 0.3) is 5.82 Å². The Morgan fingerprint density at radius 3 is 2.13 bits per heavy atom. The summed E-state index contributed by atoms with van der Waals surface area (Å²) in [7, 11) is 0. The summed E-state index contributed by atoms with van der Waals surface area (Å²) >= 11 is 12.5. The third kappa shape index (κ3) is 5.31. The van der Waals surface area contributed by atoms with Gasteiger partial charge in [-0.3, -0.25) is 0 Å². The number of amidine groups is 1. The van der Waals surface area contributed by atoms with Gasteiger partial charge in [0.1, 0.15) is 16.1 Å². The van der Waals surface area contributed by atoms with Crippen LogP contribution in [0.5, 0.6) is 0 Å². The van der Waals surface area contributed by atoms with Gasteiger partial charge in [0, 0.05) is 37.9 Å². The van der Waals surface area contributed by atoms with Crippen molar-refractivity contribution in [3.05, 3.63) is 63.1 Å². The zero-order chi connectivity index (χ0) is 21.6. The highest BCUT2D eigenvalue weighted by molar-refractivity contribution is 6.58. The maximum Gasteiger partial charge on any atom is 0.355 e. The van der Waals surface area contributed by atoms with Gasteiger partial charge in [-0.05, 0) is 44.6 Å². The van der Waals surface area contributed by atoms with E-state index in [1.54, 1.807) is 6.20 Å². The van der Waals surface area contributed by atoms with E-state index in [0.29, 0.717) is 5.82 Å². The zero-order valence-corrected chi connectivity index (χ0v) is 19.0. The quantitative estimate of drug-likeness (QED) is 0.489. The summed E-state index contributed by atoms with van der Waals surface area (Å²) in [5.74, 6) is 1.64. The molecule has 31 heavy (non-hydrogen) atoms. The van der Waals surface area contributed by atoms with Crippen LogP contribution in [0.3, 0.4) is 0 Å². The first-order valence-electron chi connectivity index (χ1n) is 10.9. The molecular formula is C23H27Cl2N5O. The van der Waals surface area contributed by atoms with Gasteiger partial charge in [0.05, 0.1) is 0 Å². The number of halogens is 2. The van der Waals surface area contributed by atoms with Gasteiger partial charge in [-0.25, -0.2) is 14.4 Å².